The fourth-order valence-electron chi connectivity index (χ4n) is 1.72. The number of aliphatic hydroxyl groups is 2. The second-order valence-corrected chi connectivity index (χ2v) is 5.71. The van der Waals surface area contributed by atoms with Crippen LogP contribution in [0.15, 0.2) is 18.2 Å². The van der Waals surface area contributed by atoms with Crippen LogP contribution >= 0.6 is 0 Å². The van der Waals surface area contributed by atoms with Crippen LogP contribution in [0.2, 0.25) is 0 Å². The van der Waals surface area contributed by atoms with Gasteiger partial charge < -0.3 is 10.2 Å². The zero-order valence-corrected chi connectivity index (χ0v) is 12.2. The van der Waals surface area contributed by atoms with Gasteiger partial charge in [-0.3, -0.25) is 4.90 Å². The van der Waals surface area contributed by atoms with E-state index < -0.39 is 6.10 Å². The second kappa shape index (κ2) is 6.46. The molecular formula is C15H24FNO2. The van der Waals surface area contributed by atoms with Crippen molar-refractivity contribution in [1.82, 2.24) is 4.90 Å². The van der Waals surface area contributed by atoms with E-state index in [-0.39, 0.29) is 18.0 Å². The Hall–Kier alpha value is -0.970. The van der Waals surface area contributed by atoms with Crippen molar-refractivity contribution in [1.29, 1.82) is 0 Å². The lowest BCUT2D eigenvalue weighted by molar-refractivity contribution is 0.0618. The molecule has 0 fully saturated rings. The second-order valence-electron chi connectivity index (χ2n) is 5.71. The van der Waals surface area contributed by atoms with Gasteiger partial charge in [-0.15, -0.1) is 0 Å². The van der Waals surface area contributed by atoms with E-state index in [1.165, 1.54) is 6.07 Å². The van der Waals surface area contributed by atoms with Crippen LogP contribution in [0.3, 0.4) is 0 Å². The van der Waals surface area contributed by atoms with E-state index in [2.05, 4.69) is 0 Å². The molecule has 1 rings (SSSR count). The zero-order chi connectivity index (χ0) is 14.6. The van der Waals surface area contributed by atoms with Gasteiger partial charge in [-0.25, -0.2) is 4.39 Å². The van der Waals surface area contributed by atoms with Crippen LogP contribution in [0.4, 0.5) is 4.39 Å². The first-order chi connectivity index (χ1) is 8.77. The minimum Gasteiger partial charge on any atom is -0.394 e. The molecule has 1 unspecified atom stereocenters. The fourth-order valence-corrected chi connectivity index (χ4v) is 1.72. The summed E-state index contributed by atoms with van der Waals surface area (Å²) >= 11 is 0. The van der Waals surface area contributed by atoms with Gasteiger partial charge in [0, 0.05) is 12.1 Å². The predicted octanol–water partition coefficient (Wildman–Crippen LogP) is 2.26. The van der Waals surface area contributed by atoms with Crippen LogP contribution in [0.25, 0.3) is 0 Å². The Morgan fingerprint density at radius 2 is 2.00 bits per heavy atom. The number of hydrogen-bond acceptors (Lipinski definition) is 3. The summed E-state index contributed by atoms with van der Waals surface area (Å²) in [7, 11) is 1.90. The van der Waals surface area contributed by atoms with E-state index in [4.69, 9.17) is 0 Å². The zero-order valence-electron chi connectivity index (χ0n) is 12.2. The molecular weight excluding hydrogens is 245 g/mol. The van der Waals surface area contributed by atoms with Crippen LogP contribution in [0.1, 0.15) is 37.5 Å². The van der Waals surface area contributed by atoms with Gasteiger partial charge in [0.05, 0.1) is 12.7 Å². The number of aryl methyl sites for hydroxylation is 1. The largest absolute Gasteiger partial charge is 0.394 e. The van der Waals surface area contributed by atoms with Gasteiger partial charge in [0.15, 0.2) is 0 Å². The van der Waals surface area contributed by atoms with E-state index in [1.807, 2.05) is 25.8 Å². The van der Waals surface area contributed by atoms with Crippen molar-refractivity contribution in [3.63, 3.8) is 0 Å². The number of aliphatic hydroxyl groups excluding tert-OH is 2. The van der Waals surface area contributed by atoms with Crippen LogP contribution in [0.5, 0.6) is 0 Å². The summed E-state index contributed by atoms with van der Waals surface area (Å²) in [6, 6.07) is 4.81. The molecule has 0 aliphatic carbocycles. The summed E-state index contributed by atoms with van der Waals surface area (Å²) in [4.78, 5) is 1.99. The highest BCUT2D eigenvalue weighted by Crippen LogP contribution is 2.21. The Labute approximate surface area is 114 Å². The van der Waals surface area contributed by atoms with E-state index in [1.54, 1.807) is 19.1 Å². The van der Waals surface area contributed by atoms with Gasteiger partial charge in [0.25, 0.3) is 0 Å². The molecule has 0 radical (unpaired) electrons. The van der Waals surface area contributed by atoms with Gasteiger partial charge in [0.2, 0.25) is 0 Å². The average Bonchev–Trinajstić information content (AvgIpc) is 2.38. The standard InChI is InChI=1S/C15H24FNO2/c1-11-5-6-12(9-13(11)16)14(19)7-8-17(4)15(2,3)10-18/h5-6,9,14,18-19H,7-8,10H2,1-4H3. The van der Waals surface area contributed by atoms with Gasteiger partial charge in [-0.2, -0.15) is 0 Å². The highest BCUT2D eigenvalue weighted by atomic mass is 19.1. The van der Waals surface area contributed by atoms with Crippen molar-refractivity contribution in [2.75, 3.05) is 20.2 Å². The Morgan fingerprint density at radius 1 is 1.37 bits per heavy atom. The molecule has 1 aromatic rings. The first kappa shape index (κ1) is 16.1. The molecule has 0 aliphatic rings. The molecule has 0 heterocycles. The molecule has 108 valence electrons. The SMILES string of the molecule is Cc1ccc(C(O)CCN(C)C(C)(C)CO)cc1F. The summed E-state index contributed by atoms with van der Waals surface area (Å²) in [5.74, 6) is -0.291. The van der Waals surface area contributed by atoms with Crippen molar-refractivity contribution in [3.05, 3.63) is 35.1 Å². The third-order valence-corrected chi connectivity index (χ3v) is 3.74. The Balaban J connectivity index is 2.60. The van der Waals surface area contributed by atoms with Crippen molar-refractivity contribution in [2.45, 2.75) is 38.8 Å². The number of rotatable bonds is 6. The fraction of sp³-hybridized carbons (Fsp3) is 0.600. The van der Waals surface area contributed by atoms with Crippen LogP contribution in [0, 0.1) is 12.7 Å². The molecule has 1 atom stereocenters. The lowest BCUT2D eigenvalue weighted by Crippen LogP contribution is -2.44. The monoisotopic (exact) mass is 269 g/mol. The van der Waals surface area contributed by atoms with Gasteiger partial charge in [0.1, 0.15) is 5.82 Å². The minimum atomic E-state index is -0.688. The maximum atomic E-state index is 13.4. The Bertz CT molecular complexity index is 421. The number of benzene rings is 1. The number of nitrogens with zero attached hydrogens (tertiary/aromatic N) is 1. The van der Waals surface area contributed by atoms with E-state index in [0.29, 0.717) is 24.1 Å². The minimum absolute atomic E-state index is 0.0543. The Morgan fingerprint density at radius 3 is 2.53 bits per heavy atom. The highest BCUT2D eigenvalue weighted by Gasteiger charge is 2.23. The third kappa shape index (κ3) is 4.27. The molecule has 19 heavy (non-hydrogen) atoms. The molecule has 0 aliphatic heterocycles. The third-order valence-electron chi connectivity index (χ3n) is 3.74. The molecule has 3 nitrogen and oxygen atoms in total. The first-order valence-corrected chi connectivity index (χ1v) is 6.54. The first-order valence-electron chi connectivity index (χ1n) is 6.54. The van der Waals surface area contributed by atoms with Gasteiger partial charge in [-0.1, -0.05) is 12.1 Å². The summed E-state index contributed by atoms with van der Waals surface area (Å²) in [5.41, 5.74) is 0.853. The summed E-state index contributed by atoms with van der Waals surface area (Å²) in [5, 5.41) is 19.3. The highest BCUT2D eigenvalue weighted by molar-refractivity contribution is 5.24. The van der Waals surface area contributed by atoms with E-state index in [9.17, 15) is 14.6 Å². The number of likely N-dealkylation sites (N-methyl/N-ethyl adjacent to an activating group) is 1. The molecule has 4 heteroatoms. The molecule has 0 bridgehead atoms. The lowest BCUT2D eigenvalue weighted by atomic mass is 10.0. The summed E-state index contributed by atoms with van der Waals surface area (Å²) in [6.07, 6.45) is -0.186. The average molecular weight is 269 g/mol. The van der Waals surface area contributed by atoms with Crippen molar-refractivity contribution < 1.29 is 14.6 Å². The molecule has 0 saturated carbocycles. The molecule has 0 aromatic heterocycles. The topological polar surface area (TPSA) is 43.7 Å². The van der Waals surface area contributed by atoms with Crippen LogP contribution in [-0.4, -0.2) is 40.9 Å². The summed E-state index contributed by atoms with van der Waals surface area (Å²) < 4.78 is 13.4. The predicted molar refractivity (Wildman–Crippen MR) is 74.5 cm³/mol. The van der Waals surface area contributed by atoms with Crippen molar-refractivity contribution in [2.24, 2.45) is 0 Å². The van der Waals surface area contributed by atoms with E-state index >= 15 is 0 Å². The van der Waals surface area contributed by atoms with Crippen molar-refractivity contribution >= 4 is 0 Å². The number of halogens is 1. The molecule has 2 N–H and O–H groups in total. The maximum absolute atomic E-state index is 13.4. The van der Waals surface area contributed by atoms with Crippen molar-refractivity contribution in [3.8, 4) is 0 Å². The molecule has 0 saturated heterocycles. The van der Waals surface area contributed by atoms with Crippen LogP contribution in [-0.2, 0) is 0 Å². The smallest absolute Gasteiger partial charge is 0.126 e. The molecule has 0 spiro atoms. The Kier molecular flexibility index (Phi) is 5.47. The van der Waals surface area contributed by atoms with Gasteiger partial charge in [-0.05, 0) is 51.4 Å². The molecule has 1 aromatic carbocycles. The van der Waals surface area contributed by atoms with Crippen LogP contribution < -0.4 is 0 Å². The lowest BCUT2D eigenvalue weighted by Gasteiger charge is -2.34. The summed E-state index contributed by atoms with van der Waals surface area (Å²) in [6.45, 7) is 6.25. The molecule has 0 amide bonds. The number of hydrogen-bond donors (Lipinski definition) is 2. The quantitative estimate of drug-likeness (QED) is 0.832. The normalized spacial score (nSPS) is 13.9. The van der Waals surface area contributed by atoms with Gasteiger partial charge >= 0.3 is 0 Å². The maximum Gasteiger partial charge on any atom is 0.126 e. The van der Waals surface area contributed by atoms with E-state index in [0.717, 1.165) is 0 Å².